The molecule has 0 radical (unpaired) electrons. The number of benzene rings is 1. The Morgan fingerprint density at radius 2 is 2.00 bits per heavy atom. The second-order valence-electron chi connectivity index (χ2n) is 4.28. The normalized spacial score (nSPS) is 10.9. The minimum absolute atomic E-state index is 0.639. The summed E-state index contributed by atoms with van der Waals surface area (Å²) in [5.41, 5.74) is 3.63. The summed E-state index contributed by atoms with van der Waals surface area (Å²) in [6, 6.07) is 7.33. The van der Waals surface area contributed by atoms with Gasteiger partial charge in [0, 0.05) is 34.2 Å². The molecule has 0 amide bonds. The molecule has 0 unspecified atom stereocenters. The van der Waals surface area contributed by atoms with Gasteiger partial charge >= 0.3 is 0 Å². The van der Waals surface area contributed by atoms with Crippen LogP contribution in [0.25, 0.3) is 22.6 Å². The second kappa shape index (κ2) is 4.76. The van der Waals surface area contributed by atoms with Crippen LogP contribution in [0.3, 0.4) is 0 Å². The molecule has 0 aliphatic carbocycles. The zero-order valence-electron chi connectivity index (χ0n) is 10.2. The molecule has 0 saturated carbocycles. The first-order chi connectivity index (χ1) is 9.15. The number of hydrogen-bond acceptors (Lipinski definition) is 1. The van der Waals surface area contributed by atoms with Gasteiger partial charge in [0.05, 0.1) is 10.7 Å². The average molecular weight is 292 g/mol. The molecule has 2 aromatic heterocycles. The number of imidazole rings is 1. The molecule has 0 aliphatic heterocycles. The van der Waals surface area contributed by atoms with Crippen LogP contribution in [0.5, 0.6) is 0 Å². The standard InChI is InChI=1S/C14H11Cl2N3/c1-8-13(11-6-10(15)2-3-12(11)16)19-14(18-8)9-4-5-17-7-9/h2-7,17H,1H3,(H,18,19). The molecule has 0 spiro atoms. The van der Waals surface area contributed by atoms with E-state index in [1.165, 1.54) is 0 Å². The van der Waals surface area contributed by atoms with Gasteiger partial charge in [0.25, 0.3) is 0 Å². The van der Waals surface area contributed by atoms with Crippen molar-refractivity contribution in [2.24, 2.45) is 0 Å². The topological polar surface area (TPSA) is 44.5 Å². The van der Waals surface area contributed by atoms with Crippen LogP contribution in [0.15, 0.2) is 36.7 Å². The highest BCUT2D eigenvalue weighted by Crippen LogP contribution is 2.32. The molecule has 3 nitrogen and oxygen atoms in total. The molecule has 0 bridgehead atoms. The number of rotatable bonds is 2. The summed E-state index contributed by atoms with van der Waals surface area (Å²) in [5, 5.41) is 1.28. The molecule has 19 heavy (non-hydrogen) atoms. The fraction of sp³-hybridized carbons (Fsp3) is 0.0714. The van der Waals surface area contributed by atoms with Crippen molar-refractivity contribution in [1.82, 2.24) is 15.0 Å². The van der Waals surface area contributed by atoms with E-state index in [1.807, 2.05) is 31.5 Å². The van der Waals surface area contributed by atoms with Gasteiger partial charge in [-0.05, 0) is 31.2 Å². The predicted octanol–water partition coefficient (Wildman–Crippen LogP) is 4.69. The van der Waals surface area contributed by atoms with E-state index in [0.29, 0.717) is 10.0 Å². The van der Waals surface area contributed by atoms with Crippen LogP contribution in [0.2, 0.25) is 10.0 Å². The van der Waals surface area contributed by atoms with E-state index in [1.54, 1.807) is 12.1 Å². The Balaban J connectivity index is 2.13. The Morgan fingerprint density at radius 1 is 1.16 bits per heavy atom. The predicted molar refractivity (Wildman–Crippen MR) is 78.6 cm³/mol. The first kappa shape index (κ1) is 12.3. The molecule has 3 aromatic rings. The minimum Gasteiger partial charge on any atom is -0.367 e. The van der Waals surface area contributed by atoms with Gasteiger partial charge in [-0.3, -0.25) is 0 Å². The monoisotopic (exact) mass is 291 g/mol. The fourth-order valence-electron chi connectivity index (χ4n) is 2.01. The Kier molecular flexibility index (Phi) is 3.09. The molecule has 0 saturated heterocycles. The number of halogens is 2. The van der Waals surface area contributed by atoms with Crippen molar-refractivity contribution in [3.8, 4) is 22.6 Å². The first-order valence-electron chi connectivity index (χ1n) is 5.80. The SMILES string of the molecule is Cc1[nH]c(-c2cc[nH]c2)nc1-c1cc(Cl)ccc1Cl. The Bertz CT molecular complexity index is 714. The van der Waals surface area contributed by atoms with Gasteiger partial charge in [-0.25, -0.2) is 4.98 Å². The zero-order valence-corrected chi connectivity index (χ0v) is 11.7. The van der Waals surface area contributed by atoms with Crippen molar-refractivity contribution in [1.29, 1.82) is 0 Å². The maximum absolute atomic E-state index is 6.22. The van der Waals surface area contributed by atoms with Crippen LogP contribution in [0.4, 0.5) is 0 Å². The number of aromatic nitrogens is 3. The van der Waals surface area contributed by atoms with E-state index in [9.17, 15) is 0 Å². The van der Waals surface area contributed by atoms with Gasteiger partial charge in [0.15, 0.2) is 0 Å². The molecular weight excluding hydrogens is 281 g/mol. The molecule has 3 rings (SSSR count). The molecular formula is C14H11Cl2N3. The van der Waals surface area contributed by atoms with Crippen molar-refractivity contribution in [2.75, 3.05) is 0 Å². The highest BCUT2D eigenvalue weighted by molar-refractivity contribution is 6.35. The van der Waals surface area contributed by atoms with Gasteiger partial charge in [-0.2, -0.15) is 0 Å². The Labute approximate surface area is 120 Å². The van der Waals surface area contributed by atoms with Crippen LogP contribution in [0.1, 0.15) is 5.69 Å². The number of H-pyrrole nitrogens is 2. The molecule has 0 atom stereocenters. The van der Waals surface area contributed by atoms with Gasteiger partial charge in [0.2, 0.25) is 0 Å². The fourth-order valence-corrected chi connectivity index (χ4v) is 2.39. The van der Waals surface area contributed by atoms with Gasteiger partial charge in [-0.15, -0.1) is 0 Å². The maximum Gasteiger partial charge on any atom is 0.139 e. The Morgan fingerprint density at radius 3 is 2.74 bits per heavy atom. The van der Waals surface area contributed by atoms with Crippen LogP contribution in [0, 0.1) is 6.92 Å². The Hall–Kier alpha value is -1.71. The van der Waals surface area contributed by atoms with Crippen LogP contribution in [-0.2, 0) is 0 Å². The summed E-state index contributed by atoms with van der Waals surface area (Å²) in [6.45, 7) is 1.97. The van der Waals surface area contributed by atoms with Gasteiger partial charge < -0.3 is 9.97 Å². The lowest BCUT2D eigenvalue weighted by molar-refractivity contribution is 1.26. The number of nitrogens with one attached hydrogen (secondary N) is 2. The first-order valence-corrected chi connectivity index (χ1v) is 6.56. The third kappa shape index (κ3) is 2.27. The van der Waals surface area contributed by atoms with Gasteiger partial charge in [-0.1, -0.05) is 23.2 Å². The van der Waals surface area contributed by atoms with E-state index in [4.69, 9.17) is 23.2 Å². The lowest BCUT2D eigenvalue weighted by Gasteiger charge is -2.02. The quantitative estimate of drug-likeness (QED) is 0.707. The molecule has 5 heteroatoms. The maximum atomic E-state index is 6.22. The molecule has 2 N–H and O–H groups in total. The number of aryl methyl sites for hydroxylation is 1. The summed E-state index contributed by atoms with van der Waals surface area (Å²) in [6.07, 6.45) is 3.75. The summed E-state index contributed by atoms with van der Waals surface area (Å²) in [5.74, 6) is 0.810. The van der Waals surface area contributed by atoms with E-state index in [-0.39, 0.29) is 0 Å². The highest BCUT2D eigenvalue weighted by atomic mass is 35.5. The van der Waals surface area contributed by atoms with Crippen molar-refractivity contribution in [2.45, 2.75) is 6.92 Å². The molecule has 96 valence electrons. The van der Waals surface area contributed by atoms with Crippen molar-refractivity contribution in [3.05, 3.63) is 52.4 Å². The van der Waals surface area contributed by atoms with Gasteiger partial charge in [0.1, 0.15) is 5.82 Å². The summed E-state index contributed by atoms with van der Waals surface area (Å²) < 4.78 is 0. The third-order valence-corrected chi connectivity index (χ3v) is 3.50. The number of nitrogens with zero attached hydrogens (tertiary/aromatic N) is 1. The smallest absolute Gasteiger partial charge is 0.139 e. The zero-order chi connectivity index (χ0) is 13.4. The lowest BCUT2D eigenvalue weighted by Crippen LogP contribution is -1.83. The van der Waals surface area contributed by atoms with Crippen LogP contribution >= 0.6 is 23.2 Å². The molecule has 2 heterocycles. The summed E-state index contributed by atoms with van der Waals surface area (Å²) >= 11 is 12.2. The third-order valence-electron chi connectivity index (χ3n) is 2.94. The number of aromatic amines is 2. The minimum atomic E-state index is 0.639. The second-order valence-corrected chi connectivity index (χ2v) is 5.13. The van der Waals surface area contributed by atoms with E-state index >= 15 is 0 Å². The van der Waals surface area contributed by atoms with Crippen LogP contribution in [-0.4, -0.2) is 15.0 Å². The lowest BCUT2D eigenvalue weighted by atomic mass is 10.1. The van der Waals surface area contributed by atoms with Crippen molar-refractivity contribution in [3.63, 3.8) is 0 Å². The van der Waals surface area contributed by atoms with Crippen molar-refractivity contribution >= 4 is 23.2 Å². The number of hydrogen-bond donors (Lipinski definition) is 2. The highest BCUT2D eigenvalue weighted by Gasteiger charge is 2.13. The molecule has 0 fully saturated rings. The van der Waals surface area contributed by atoms with E-state index in [2.05, 4.69) is 15.0 Å². The molecule has 0 aliphatic rings. The molecule has 1 aromatic carbocycles. The van der Waals surface area contributed by atoms with Crippen LogP contribution < -0.4 is 0 Å². The summed E-state index contributed by atoms with van der Waals surface area (Å²) in [4.78, 5) is 10.9. The summed E-state index contributed by atoms with van der Waals surface area (Å²) in [7, 11) is 0. The largest absolute Gasteiger partial charge is 0.367 e. The van der Waals surface area contributed by atoms with E-state index in [0.717, 1.165) is 28.3 Å². The average Bonchev–Trinajstić information content (AvgIpc) is 3.01. The van der Waals surface area contributed by atoms with Crippen molar-refractivity contribution < 1.29 is 0 Å². The van der Waals surface area contributed by atoms with E-state index < -0.39 is 0 Å².